The zero-order valence-corrected chi connectivity index (χ0v) is 15.4. The quantitative estimate of drug-likeness (QED) is 0.787. The maximum atomic E-state index is 12.5. The molecule has 3 rings (SSSR count). The second-order valence-electron chi connectivity index (χ2n) is 6.29. The molecule has 1 saturated heterocycles. The first kappa shape index (κ1) is 19.7. The van der Waals surface area contributed by atoms with Gasteiger partial charge in [-0.25, -0.2) is 9.78 Å². The lowest BCUT2D eigenvalue weighted by molar-refractivity contribution is -0.0511. The normalized spacial score (nSPS) is 14.6. The molecule has 0 atom stereocenters. The van der Waals surface area contributed by atoms with E-state index in [9.17, 15) is 13.6 Å². The molecule has 1 aromatic heterocycles. The second kappa shape index (κ2) is 9.20. The number of pyridine rings is 1. The highest BCUT2D eigenvalue weighted by Crippen LogP contribution is 2.31. The summed E-state index contributed by atoms with van der Waals surface area (Å²) in [5.41, 5.74) is 0.333. The Bertz CT molecular complexity index is 784. The average molecular weight is 392 g/mol. The number of nitrogens with one attached hydrogen (secondary N) is 2. The third kappa shape index (κ3) is 5.21. The van der Waals surface area contributed by atoms with Crippen molar-refractivity contribution in [1.82, 2.24) is 10.3 Å². The van der Waals surface area contributed by atoms with Crippen molar-refractivity contribution < 1.29 is 23.0 Å². The van der Waals surface area contributed by atoms with Gasteiger partial charge >= 0.3 is 12.6 Å². The van der Waals surface area contributed by atoms with Gasteiger partial charge in [-0.05, 0) is 37.1 Å². The van der Waals surface area contributed by atoms with Gasteiger partial charge in [0.05, 0.1) is 7.11 Å². The van der Waals surface area contributed by atoms with Crippen LogP contribution >= 0.6 is 0 Å². The number of carbonyl (C=O) groups is 1. The highest BCUT2D eigenvalue weighted by Gasteiger charge is 2.21. The smallest absolute Gasteiger partial charge is 0.387 e. The number of carbonyl (C=O) groups excluding carboxylic acids is 1. The van der Waals surface area contributed by atoms with E-state index in [2.05, 4.69) is 25.3 Å². The fourth-order valence-electron chi connectivity index (χ4n) is 3.09. The molecule has 1 fully saturated rings. The van der Waals surface area contributed by atoms with Gasteiger partial charge in [0.25, 0.3) is 0 Å². The number of urea groups is 1. The number of halogens is 2. The highest BCUT2D eigenvalue weighted by atomic mass is 19.3. The third-order valence-corrected chi connectivity index (χ3v) is 4.44. The molecule has 2 N–H and O–H groups in total. The Kier molecular flexibility index (Phi) is 6.46. The Hall–Kier alpha value is -3.10. The summed E-state index contributed by atoms with van der Waals surface area (Å²) >= 11 is 0. The van der Waals surface area contributed by atoms with Gasteiger partial charge in [-0.2, -0.15) is 8.78 Å². The number of amides is 2. The molecule has 0 saturated carbocycles. The molecule has 2 heterocycles. The lowest BCUT2D eigenvalue weighted by Crippen LogP contribution is -2.46. The molecule has 1 aliphatic rings. The predicted octanol–water partition coefficient (Wildman–Crippen LogP) is 3.48. The van der Waals surface area contributed by atoms with E-state index in [0.717, 1.165) is 31.7 Å². The van der Waals surface area contributed by atoms with E-state index < -0.39 is 12.6 Å². The van der Waals surface area contributed by atoms with E-state index in [1.807, 2.05) is 18.2 Å². The van der Waals surface area contributed by atoms with Crippen LogP contribution in [0.5, 0.6) is 11.5 Å². The number of aromatic nitrogens is 1. The summed E-state index contributed by atoms with van der Waals surface area (Å²) < 4.78 is 34.4. The first-order valence-corrected chi connectivity index (χ1v) is 8.91. The first-order chi connectivity index (χ1) is 13.5. The van der Waals surface area contributed by atoms with Gasteiger partial charge in [-0.3, -0.25) is 0 Å². The van der Waals surface area contributed by atoms with Crippen molar-refractivity contribution >= 4 is 17.5 Å². The van der Waals surface area contributed by atoms with Crippen LogP contribution in [0.15, 0.2) is 42.6 Å². The Morgan fingerprint density at radius 2 is 2.00 bits per heavy atom. The van der Waals surface area contributed by atoms with Crippen molar-refractivity contribution in [2.75, 3.05) is 30.4 Å². The van der Waals surface area contributed by atoms with Gasteiger partial charge in [0.15, 0.2) is 11.5 Å². The van der Waals surface area contributed by atoms with Crippen LogP contribution in [0, 0.1) is 0 Å². The summed E-state index contributed by atoms with van der Waals surface area (Å²) in [4.78, 5) is 18.8. The van der Waals surface area contributed by atoms with Crippen LogP contribution < -0.4 is 25.0 Å². The summed E-state index contributed by atoms with van der Waals surface area (Å²) in [6, 6.07) is 9.72. The monoisotopic (exact) mass is 392 g/mol. The number of benzene rings is 1. The Labute approximate surface area is 161 Å². The number of hydrogen-bond acceptors (Lipinski definition) is 5. The summed E-state index contributed by atoms with van der Waals surface area (Å²) in [6.07, 6.45) is 3.33. The average Bonchev–Trinajstić information content (AvgIpc) is 2.69. The van der Waals surface area contributed by atoms with E-state index in [0.29, 0.717) is 5.69 Å². The fraction of sp³-hybridized carbons (Fsp3) is 0.368. The minimum absolute atomic E-state index is 0.0231. The van der Waals surface area contributed by atoms with E-state index >= 15 is 0 Å². The molecule has 9 heteroatoms. The topological polar surface area (TPSA) is 75.7 Å². The maximum absolute atomic E-state index is 12.5. The molecule has 0 radical (unpaired) electrons. The molecule has 150 valence electrons. The van der Waals surface area contributed by atoms with Crippen molar-refractivity contribution in [2.24, 2.45) is 0 Å². The Morgan fingerprint density at radius 3 is 2.64 bits per heavy atom. The summed E-state index contributed by atoms with van der Waals surface area (Å²) in [7, 11) is 1.35. The van der Waals surface area contributed by atoms with Crippen LogP contribution in [-0.4, -0.2) is 43.9 Å². The van der Waals surface area contributed by atoms with E-state index in [4.69, 9.17) is 4.74 Å². The largest absolute Gasteiger partial charge is 0.493 e. The molecule has 1 aromatic carbocycles. The standard InChI is InChI=1S/C19H22F2N4O3/c1-27-15-6-5-14(12-16(15)28-18(20)21)24-19(26)23-13-7-10-25(11-8-13)17-4-2-3-9-22-17/h2-6,9,12-13,18H,7-8,10-11H2,1H3,(H2,23,24,26). The van der Waals surface area contributed by atoms with Gasteiger partial charge < -0.3 is 25.0 Å². The van der Waals surface area contributed by atoms with Crippen molar-refractivity contribution in [1.29, 1.82) is 0 Å². The summed E-state index contributed by atoms with van der Waals surface area (Å²) in [5.74, 6) is 0.947. The third-order valence-electron chi connectivity index (χ3n) is 4.44. The van der Waals surface area contributed by atoms with Crippen molar-refractivity contribution in [3.8, 4) is 11.5 Å². The van der Waals surface area contributed by atoms with Gasteiger partial charge in [0.2, 0.25) is 0 Å². The van der Waals surface area contributed by atoms with Gasteiger partial charge in [0.1, 0.15) is 5.82 Å². The number of rotatable bonds is 6. The molecule has 7 nitrogen and oxygen atoms in total. The number of anilines is 2. The maximum Gasteiger partial charge on any atom is 0.387 e. The molecule has 1 aliphatic heterocycles. The minimum atomic E-state index is -2.98. The molecule has 0 bridgehead atoms. The van der Waals surface area contributed by atoms with Crippen molar-refractivity contribution in [2.45, 2.75) is 25.5 Å². The minimum Gasteiger partial charge on any atom is -0.493 e. The molecule has 0 aliphatic carbocycles. The van der Waals surface area contributed by atoms with Crippen molar-refractivity contribution in [3.63, 3.8) is 0 Å². The van der Waals surface area contributed by atoms with Gasteiger partial charge in [-0.15, -0.1) is 0 Å². The Morgan fingerprint density at radius 1 is 1.21 bits per heavy atom. The molecule has 2 amide bonds. The first-order valence-electron chi connectivity index (χ1n) is 8.91. The molecular formula is C19H22F2N4O3. The number of methoxy groups -OCH3 is 1. The van der Waals surface area contributed by atoms with Crippen LogP contribution in [-0.2, 0) is 0 Å². The lowest BCUT2D eigenvalue weighted by atomic mass is 10.1. The van der Waals surface area contributed by atoms with Crippen LogP contribution in [0.3, 0.4) is 0 Å². The zero-order chi connectivity index (χ0) is 19.9. The van der Waals surface area contributed by atoms with Crippen LogP contribution in [0.2, 0.25) is 0 Å². The number of ether oxygens (including phenoxy) is 2. The number of alkyl halides is 2. The van der Waals surface area contributed by atoms with Crippen LogP contribution in [0.1, 0.15) is 12.8 Å². The molecule has 0 unspecified atom stereocenters. The second-order valence-corrected chi connectivity index (χ2v) is 6.29. The molecule has 2 aromatic rings. The molecular weight excluding hydrogens is 370 g/mol. The number of hydrogen-bond donors (Lipinski definition) is 2. The fourth-order valence-corrected chi connectivity index (χ4v) is 3.09. The lowest BCUT2D eigenvalue weighted by Gasteiger charge is -2.33. The van der Waals surface area contributed by atoms with Gasteiger partial charge in [-0.1, -0.05) is 6.07 Å². The van der Waals surface area contributed by atoms with Crippen LogP contribution in [0.25, 0.3) is 0 Å². The van der Waals surface area contributed by atoms with E-state index in [1.165, 1.54) is 19.2 Å². The summed E-state index contributed by atoms with van der Waals surface area (Å²) in [6.45, 7) is -1.41. The van der Waals surface area contributed by atoms with Crippen LogP contribution in [0.4, 0.5) is 25.1 Å². The van der Waals surface area contributed by atoms with E-state index in [-0.39, 0.29) is 17.5 Å². The number of nitrogens with zero attached hydrogens (tertiary/aromatic N) is 2. The van der Waals surface area contributed by atoms with E-state index in [1.54, 1.807) is 12.3 Å². The zero-order valence-electron chi connectivity index (χ0n) is 15.4. The van der Waals surface area contributed by atoms with Gasteiger partial charge in [0, 0.05) is 37.1 Å². The predicted molar refractivity (Wildman–Crippen MR) is 101 cm³/mol. The molecule has 28 heavy (non-hydrogen) atoms. The molecule has 0 spiro atoms. The SMILES string of the molecule is COc1ccc(NC(=O)NC2CCN(c3ccccn3)CC2)cc1OC(F)F. The summed E-state index contributed by atoms with van der Waals surface area (Å²) in [5, 5.41) is 5.55. The highest BCUT2D eigenvalue weighted by molar-refractivity contribution is 5.89. The Balaban J connectivity index is 1.52. The number of piperidine rings is 1. The van der Waals surface area contributed by atoms with Crippen molar-refractivity contribution in [3.05, 3.63) is 42.6 Å².